The molecule has 31 heavy (non-hydrogen) atoms. The molecule has 3 amide bonds. The van der Waals surface area contributed by atoms with Gasteiger partial charge in [0.15, 0.2) is 0 Å². The molecule has 1 aromatic carbocycles. The topological polar surface area (TPSA) is 55.9 Å². The molecule has 170 valence electrons. The Morgan fingerprint density at radius 1 is 1.16 bits per heavy atom. The van der Waals surface area contributed by atoms with Crippen molar-refractivity contribution in [2.45, 2.75) is 40.0 Å². The van der Waals surface area contributed by atoms with Crippen LogP contribution >= 0.6 is 11.6 Å². The van der Waals surface area contributed by atoms with Crippen LogP contribution in [0.4, 0.5) is 10.5 Å². The van der Waals surface area contributed by atoms with E-state index < -0.39 is 0 Å². The van der Waals surface area contributed by atoms with Gasteiger partial charge in [0.25, 0.3) is 0 Å². The number of carbonyl (C=O) groups is 2. The van der Waals surface area contributed by atoms with Crippen molar-refractivity contribution < 1.29 is 9.59 Å². The lowest BCUT2D eigenvalue weighted by Crippen LogP contribution is -2.54. The van der Waals surface area contributed by atoms with E-state index in [4.69, 9.17) is 11.6 Å². The van der Waals surface area contributed by atoms with E-state index in [0.717, 1.165) is 52.0 Å². The third-order valence-corrected chi connectivity index (χ3v) is 7.86. The highest BCUT2D eigenvalue weighted by Gasteiger charge is 2.64. The summed E-state index contributed by atoms with van der Waals surface area (Å²) in [5.41, 5.74) is 0.395. The van der Waals surface area contributed by atoms with Crippen molar-refractivity contribution in [3.8, 4) is 0 Å². The number of fused-ring (bicyclic) bond motifs is 1. The van der Waals surface area contributed by atoms with Crippen molar-refractivity contribution in [2.24, 2.45) is 16.7 Å². The molecule has 0 saturated carbocycles. The average molecular weight is 447 g/mol. The van der Waals surface area contributed by atoms with Gasteiger partial charge in [-0.1, -0.05) is 31.5 Å². The molecule has 1 N–H and O–H groups in total. The number of hydrogen-bond acceptors (Lipinski definition) is 3. The molecule has 0 bridgehead atoms. The van der Waals surface area contributed by atoms with Gasteiger partial charge >= 0.3 is 6.03 Å². The summed E-state index contributed by atoms with van der Waals surface area (Å²) in [6, 6.07) is 7.15. The molecule has 3 fully saturated rings. The number of likely N-dealkylation sites (tertiary alicyclic amines) is 3. The molecule has 4 rings (SSSR count). The summed E-state index contributed by atoms with van der Waals surface area (Å²) >= 11 is 6.05. The zero-order valence-electron chi connectivity index (χ0n) is 19.0. The number of nitrogens with zero attached hydrogens (tertiary/aromatic N) is 3. The van der Waals surface area contributed by atoms with E-state index in [1.54, 1.807) is 12.1 Å². The minimum Gasteiger partial charge on any atom is -0.342 e. The van der Waals surface area contributed by atoms with E-state index in [1.807, 2.05) is 21.9 Å². The van der Waals surface area contributed by atoms with Crippen LogP contribution < -0.4 is 5.32 Å². The highest BCUT2D eigenvalue weighted by molar-refractivity contribution is 6.30. The van der Waals surface area contributed by atoms with Crippen LogP contribution in [0.5, 0.6) is 0 Å². The van der Waals surface area contributed by atoms with E-state index in [2.05, 4.69) is 31.0 Å². The van der Waals surface area contributed by atoms with Crippen molar-refractivity contribution >= 4 is 29.2 Å². The SMILES string of the molecule is CCN1CCC2(CN(CC(C)C)CC23CCN(C(=O)Nc2cccc(Cl)c2)CC3)C1=O. The Bertz CT molecular complexity index is 837. The van der Waals surface area contributed by atoms with Crippen molar-refractivity contribution in [2.75, 3.05) is 51.1 Å². The monoisotopic (exact) mass is 446 g/mol. The number of anilines is 1. The molecule has 0 aromatic heterocycles. The number of benzene rings is 1. The van der Waals surface area contributed by atoms with Gasteiger partial charge in [-0.25, -0.2) is 4.79 Å². The Kier molecular flexibility index (Phi) is 6.23. The minimum absolute atomic E-state index is 0.0320. The molecule has 1 unspecified atom stereocenters. The summed E-state index contributed by atoms with van der Waals surface area (Å²) in [4.78, 5) is 32.8. The first-order valence-electron chi connectivity index (χ1n) is 11.6. The summed E-state index contributed by atoms with van der Waals surface area (Å²) < 4.78 is 0. The molecule has 3 aliphatic rings. The van der Waals surface area contributed by atoms with Crippen LogP contribution in [0.1, 0.15) is 40.0 Å². The first kappa shape index (κ1) is 22.4. The maximum atomic E-state index is 13.5. The van der Waals surface area contributed by atoms with E-state index in [9.17, 15) is 9.59 Å². The number of urea groups is 1. The van der Waals surface area contributed by atoms with E-state index in [-0.39, 0.29) is 16.9 Å². The smallest absolute Gasteiger partial charge is 0.321 e. The van der Waals surface area contributed by atoms with E-state index in [1.165, 1.54) is 0 Å². The predicted molar refractivity (Wildman–Crippen MR) is 124 cm³/mol. The fourth-order valence-electron chi connectivity index (χ4n) is 6.15. The van der Waals surface area contributed by atoms with Gasteiger partial charge in [-0.2, -0.15) is 0 Å². The van der Waals surface area contributed by atoms with Crippen LogP contribution in [0.3, 0.4) is 0 Å². The van der Waals surface area contributed by atoms with Gasteiger partial charge in [-0.05, 0) is 50.3 Å². The van der Waals surface area contributed by atoms with Crippen LogP contribution in [0.25, 0.3) is 0 Å². The molecule has 1 atom stereocenters. The van der Waals surface area contributed by atoms with Gasteiger partial charge in [0.05, 0.1) is 5.41 Å². The summed E-state index contributed by atoms with van der Waals surface area (Å²) in [6.07, 6.45) is 2.71. The largest absolute Gasteiger partial charge is 0.342 e. The maximum Gasteiger partial charge on any atom is 0.321 e. The van der Waals surface area contributed by atoms with Gasteiger partial charge in [0, 0.05) is 61.9 Å². The number of rotatable bonds is 4. The Morgan fingerprint density at radius 2 is 1.90 bits per heavy atom. The van der Waals surface area contributed by atoms with E-state index in [0.29, 0.717) is 35.6 Å². The normalized spacial score (nSPS) is 25.9. The molecule has 3 heterocycles. The number of halogens is 1. The number of piperidine rings is 1. The molecular weight excluding hydrogens is 412 g/mol. The third-order valence-electron chi connectivity index (χ3n) is 7.63. The fourth-order valence-corrected chi connectivity index (χ4v) is 6.34. The zero-order chi connectivity index (χ0) is 22.2. The second-order valence-electron chi connectivity index (χ2n) is 9.99. The lowest BCUT2D eigenvalue weighted by molar-refractivity contribution is -0.141. The van der Waals surface area contributed by atoms with Gasteiger partial charge in [0.1, 0.15) is 0 Å². The van der Waals surface area contributed by atoms with Gasteiger partial charge in [0.2, 0.25) is 5.91 Å². The molecular formula is C24H35ClN4O2. The number of hydrogen-bond donors (Lipinski definition) is 1. The first-order valence-corrected chi connectivity index (χ1v) is 12.0. The van der Waals surface area contributed by atoms with Gasteiger partial charge in [-0.15, -0.1) is 0 Å². The zero-order valence-corrected chi connectivity index (χ0v) is 19.7. The van der Waals surface area contributed by atoms with E-state index >= 15 is 0 Å². The molecule has 7 heteroatoms. The standard InChI is InChI=1S/C24H35ClN4O2/c1-4-28-13-10-24(21(28)30)17-27(15-18(2)3)16-23(24)8-11-29(12-9-23)22(31)26-20-7-5-6-19(25)14-20/h5-7,14,18H,4,8-13,15-17H2,1-3H3,(H,26,31). The lowest BCUT2D eigenvalue weighted by Gasteiger charge is -2.47. The average Bonchev–Trinajstić information content (AvgIpc) is 3.19. The Balaban J connectivity index is 1.49. The molecule has 1 aromatic rings. The lowest BCUT2D eigenvalue weighted by atomic mass is 9.60. The van der Waals surface area contributed by atoms with Crippen LogP contribution in [0.15, 0.2) is 24.3 Å². The summed E-state index contributed by atoms with van der Waals surface area (Å²) in [7, 11) is 0. The second kappa shape index (κ2) is 8.62. The fraction of sp³-hybridized carbons (Fsp3) is 0.667. The molecule has 0 radical (unpaired) electrons. The Labute approximate surface area is 190 Å². The van der Waals surface area contributed by atoms with Crippen molar-refractivity contribution in [3.05, 3.63) is 29.3 Å². The minimum atomic E-state index is -0.284. The van der Waals surface area contributed by atoms with Gasteiger partial charge in [-0.3, -0.25) is 4.79 Å². The van der Waals surface area contributed by atoms with Crippen LogP contribution in [-0.2, 0) is 4.79 Å². The first-order chi connectivity index (χ1) is 14.8. The quantitative estimate of drug-likeness (QED) is 0.755. The molecule has 6 nitrogen and oxygen atoms in total. The predicted octanol–water partition coefficient (Wildman–Crippen LogP) is 4.16. The summed E-state index contributed by atoms with van der Waals surface area (Å²) in [5.74, 6) is 0.924. The molecule has 3 saturated heterocycles. The Hall–Kier alpha value is -1.79. The summed E-state index contributed by atoms with van der Waals surface area (Å²) in [6.45, 7) is 12.5. The molecule has 2 spiro atoms. The van der Waals surface area contributed by atoms with Crippen LogP contribution in [0, 0.1) is 16.7 Å². The second-order valence-corrected chi connectivity index (χ2v) is 10.4. The molecule has 0 aliphatic carbocycles. The number of nitrogens with one attached hydrogen (secondary N) is 1. The van der Waals surface area contributed by atoms with Crippen LogP contribution in [-0.4, -0.2) is 72.5 Å². The maximum absolute atomic E-state index is 13.5. The summed E-state index contributed by atoms with van der Waals surface area (Å²) in [5, 5.41) is 3.57. The van der Waals surface area contributed by atoms with Gasteiger partial charge < -0.3 is 20.0 Å². The van der Waals surface area contributed by atoms with Crippen molar-refractivity contribution in [3.63, 3.8) is 0 Å². The van der Waals surface area contributed by atoms with Crippen LogP contribution in [0.2, 0.25) is 5.02 Å². The number of amides is 3. The Morgan fingerprint density at radius 3 is 2.52 bits per heavy atom. The van der Waals surface area contributed by atoms with Crippen molar-refractivity contribution in [1.82, 2.24) is 14.7 Å². The number of carbonyl (C=O) groups excluding carboxylic acids is 2. The highest BCUT2D eigenvalue weighted by atomic mass is 35.5. The highest BCUT2D eigenvalue weighted by Crippen LogP contribution is 2.57. The third kappa shape index (κ3) is 4.05. The molecule has 3 aliphatic heterocycles. The van der Waals surface area contributed by atoms with Crippen molar-refractivity contribution in [1.29, 1.82) is 0 Å².